The molecule has 0 atom stereocenters. The number of nitriles is 1. The average Bonchev–Trinajstić information content (AvgIpc) is 2.70. The van der Waals surface area contributed by atoms with Crippen LogP contribution in [0.4, 0.5) is 0 Å². The van der Waals surface area contributed by atoms with Gasteiger partial charge in [0.05, 0.1) is 11.6 Å². The van der Waals surface area contributed by atoms with Gasteiger partial charge in [-0.25, -0.2) is 0 Å². The van der Waals surface area contributed by atoms with Gasteiger partial charge in [-0.15, -0.1) is 0 Å². The quantitative estimate of drug-likeness (QED) is 0.543. The molecule has 0 N–H and O–H groups in total. The molecule has 0 saturated heterocycles. The second-order valence-corrected chi connectivity index (χ2v) is 5.32. The largest absolute Gasteiger partial charge is 0.192 e. The molecule has 1 heteroatoms. The summed E-state index contributed by atoms with van der Waals surface area (Å²) < 4.78 is 0. The Balaban J connectivity index is 0.00000100. The minimum atomic E-state index is 0.691. The number of aryl methyl sites for hydroxylation is 1. The van der Waals surface area contributed by atoms with E-state index in [0.29, 0.717) is 5.56 Å². The second-order valence-electron chi connectivity index (χ2n) is 5.32. The SMILES string of the molecule is CC.CCc1ccc(-c2ccc(-c3ccc(C#N)cc3)cc2)cc1. The van der Waals surface area contributed by atoms with E-state index in [9.17, 15) is 0 Å². The zero-order valence-corrected chi connectivity index (χ0v) is 14.6. The Morgan fingerprint density at radius 1 is 0.625 bits per heavy atom. The van der Waals surface area contributed by atoms with Crippen LogP contribution in [-0.4, -0.2) is 0 Å². The van der Waals surface area contributed by atoms with Crippen molar-refractivity contribution < 1.29 is 0 Å². The fourth-order valence-corrected chi connectivity index (χ4v) is 2.53. The highest BCUT2D eigenvalue weighted by molar-refractivity contribution is 5.70. The van der Waals surface area contributed by atoms with Crippen molar-refractivity contribution in [2.75, 3.05) is 0 Å². The predicted molar refractivity (Wildman–Crippen MR) is 103 cm³/mol. The molecule has 1 nitrogen and oxygen atoms in total. The van der Waals surface area contributed by atoms with Gasteiger partial charge in [0.15, 0.2) is 0 Å². The second kappa shape index (κ2) is 8.70. The van der Waals surface area contributed by atoms with Crippen LogP contribution in [0.5, 0.6) is 0 Å². The standard InChI is InChI=1S/C21H17N.C2H6/c1-2-16-3-7-18(8-4-16)20-11-13-21(14-12-20)19-9-5-17(15-22)6-10-19;1-2/h3-14H,2H2,1H3;1-2H3. The molecule has 24 heavy (non-hydrogen) atoms. The zero-order valence-electron chi connectivity index (χ0n) is 14.6. The van der Waals surface area contributed by atoms with Crippen LogP contribution < -0.4 is 0 Å². The Kier molecular flexibility index (Phi) is 6.34. The van der Waals surface area contributed by atoms with Crippen LogP contribution in [0.3, 0.4) is 0 Å². The molecular formula is C23H23N. The maximum Gasteiger partial charge on any atom is 0.0991 e. The molecule has 0 spiro atoms. The highest BCUT2D eigenvalue weighted by Crippen LogP contribution is 2.25. The van der Waals surface area contributed by atoms with Crippen molar-refractivity contribution in [2.45, 2.75) is 27.2 Å². The Morgan fingerprint density at radius 2 is 0.958 bits per heavy atom. The van der Waals surface area contributed by atoms with Gasteiger partial charge in [0.2, 0.25) is 0 Å². The molecule has 0 aliphatic rings. The van der Waals surface area contributed by atoms with E-state index < -0.39 is 0 Å². The van der Waals surface area contributed by atoms with Crippen molar-refractivity contribution in [1.29, 1.82) is 5.26 Å². The average molecular weight is 313 g/mol. The molecule has 0 radical (unpaired) electrons. The van der Waals surface area contributed by atoms with E-state index in [1.807, 2.05) is 38.1 Å². The lowest BCUT2D eigenvalue weighted by Crippen LogP contribution is -1.83. The van der Waals surface area contributed by atoms with Crippen LogP contribution in [0.15, 0.2) is 72.8 Å². The van der Waals surface area contributed by atoms with Gasteiger partial charge in [0.25, 0.3) is 0 Å². The van der Waals surface area contributed by atoms with Crippen molar-refractivity contribution >= 4 is 0 Å². The Labute approximate surface area is 145 Å². The van der Waals surface area contributed by atoms with E-state index in [1.165, 1.54) is 22.3 Å². The van der Waals surface area contributed by atoms with Gasteiger partial charge in [-0.2, -0.15) is 5.26 Å². The minimum absolute atomic E-state index is 0.691. The van der Waals surface area contributed by atoms with Crippen LogP contribution in [0, 0.1) is 11.3 Å². The van der Waals surface area contributed by atoms with Crippen molar-refractivity contribution in [3.05, 3.63) is 83.9 Å². The lowest BCUT2D eigenvalue weighted by molar-refractivity contribution is 1.14. The van der Waals surface area contributed by atoms with Crippen LogP contribution in [-0.2, 0) is 6.42 Å². The van der Waals surface area contributed by atoms with E-state index in [-0.39, 0.29) is 0 Å². The summed E-state index contributed by atoms with van der Waals surface area (Å²) in [5.41, 5.74) is 6.81. The Morgan fingerprint density at radius 3 is 1.29 bits per heavy atom. The van der Waals surface area contributed by atoms with Gasteiger partial charge < -0.3 is 0 Å². The monoisotopic (exact) mass is 313 g/mol. The molecule has 3 rings (SSSR count). The minimum Gasteiger partial charge on any atom is -0.192 e. The fourth-order valence-electron chi connectivity index (χ4n) is 2.53. The molecule has 0 aromatic heterocycles. The molecule has 0 aliphatic carbocycles. The van der Waals surface area contributed by atoms with E-state index in [2.05, 4.69) is 61.5 Å². The summed E-state index contributed by atoms with van der Waals surface area (Å²) in [7, 11) is 0. The molecule has 0 amide bonds. The van der Waals surface area contributed by atoms with Crippen molar-refractivity contribution in [2.24, 2.45) is 0 Å². The van der Waals surface area contributed by atoms with E-state index in [0.717, 1.165) is 12.0 Å². The van der Waals surface area contributed by atoms with Crippen LogP contribution in [0.2, 0.25) is 0 Å². The molecule has 3 aromatic rings. The van der Waals surface area contributed by atoms with Crippen molar-refractivity contribution in [3.63, 3.8) is 0 Å². The lowest BCUT2D eigenvalue weighted by Gasteiger charge is -2.06. The van der Waals surface area contributed by atoms with E-state index >= 15 is 0 Å². The zero-order chi connectivity index (χ0) is 17.4. The summed E-state index contributed by atoms with van der Waals surface area (Å²) in [6.45, 7) is 6.17. The van der Waals surface area contributed by atoms with Gasteiger partial charge in [-0.3, -0.25) is 0 Å². The summed E-state index contributed by atoms with van der Waals surface area (Å²) in [5.74, 6) is 0. The number of nitrogens with zero attached hydrogens (tertiary/aromatic N) is 1. The first-order valence-corrected chi connectivity index (χ1v) is 8.50. The highest BCUT2D eigenvalue weighted by atomic mass is 14.2. The van der Waals surface area contributed by atoms with Crippen molar-refractivity contribution in [3.8, 4) is 28.3 Å². The molecule has 3 aromatic carbocycles. The van der Waals surface area contributed by atoms with Gasteiger partial charge in [0, 0.05) is 0 Å². The van der Waals surface area contributed by atoms with E-state index in [4.69, 9.17) is 5.26 Å². The first kappa shape index (κ1) is 17.5. The van der Waals surface area contributed by atoms with Gasteiger partial charge in [-0.05, 0) is 46.4 Å². The Bertz CT molecular complexity index is 789. The smallest absolute Gasteiger partial charge is 0.0991 e. The number of rotatable bonds is 3. The summed E-state index contributed by atoms with van der Waals surface area (Å²) in [5, 5.41) is 8.85. The predicted octanol–water partition coefficient (Wildman–Crippen LogP) is 6.48. The summed E-state index contributed by atoms with van der Waals surface area (Å²) in [6.07, 6.45) is 1.07. The lowest BCUT2D eigenvalue weighted by atomic mass is 9.99. The molecule has 0 heterocycles. The molecule has 0 aliphatic heterocycles. The first-order valence-electron chi connectivity index (χ1n) is 8.50. The number of hydrogen-bond donors (Lipinski definition) is 0. The third-order valence-corrected chi connectivity index (χ3v) is 3.93. The molecule has 0 fully saturated rings. The maximum atomic E-state index is 8.85. The fraction of sp³-hybridized carbons (Fsp3) is 0.174. The third-order valence-electron chi connectivity index (χ3n) is 3.93. The van der Waals surface area contributed by atoms with Crippen molar-refractivity contribution in [1.82, 2.24) is 0 Å². The van der Waals surface area contributed by atoms with Gasteiger partial charge >= 0.3 is 0 Å². The summed E-state index contributed by atoms with van der Waals surface area (Å²) in [6, 6.07) is 27.1. The molecule has 0 saturated carbocycles. The van der Waals surface area contributed by atoms with Crippen LogP contribution in [0.1, 0.15) is 31.9 Å². The topological polar surface area (TPSA) is 23.8 Å². The molecular weight excluding hydrogens is 290 g/mol. The normalized spacial score (nSPS) is 9.58. The Hall–Kier alpha value is -2.85. The first-order chi connectivity index (χ1) is 11.8. The number of benzene rings is 3. The van der Waals surface area contributed by atoms with Crippen LogP contribution in [0.25, 0.3) is 22.3 Å². The number of hydrogen-bond acceptors (Lipinski definition) is 1. The van der Waals surface area contributed by atoms with Gasteiger partial charge in [-0.1, -0.05) is 81.4 Å². The van der Waals surface area contributed by atoms with Crippen LogP contribution >= 0.6 is 0 Å². The maximum absolute atomic E-state index is 8.85. The summed E-state index contributed by atoms with van der Waals surface area (Å²) in [4.78, 5) is 0. The summed E-state index contributed by atoms with van der Waals surface area (Å²) >= 11 is 0. The molecule has 120 valence electrons. The molecule has 0 bridgehead atoms. The van der Waals surface area contributed by atoms with E-state index in [1.54, 1.807) is 0 Å². The van der Waals surface area contributed by atoms with Gasteiger partial charge in [0.1, 0.15) is 0 Å². The third kappa shape index (κ3) is 4.12. The molecule has 0 unspecified atom stereocenters. The highest BCUT2D eigenvalue weighted by Gasteiger charge is 2.01.